The zero-order valence-corrected chi connectivity index (χ0v) is 12.0. The van der Waals surface area contributed by atoms with Crippen molar-refractivity contribution in [3.8, 4) is 0 Å². The summed E-state index contributed by atoms with van der Waals surface area (Å²) in [5, 5.41) is -0.490. The number of rotatable bonds is 3. The highest BCUT2D eigenvalue weighted by molar-refractivity contribution is 6.20. The molecule has 0 spiro atoms. The molecule has 0 N–H and O–H groups in total. The van der Waals surface area contributed by atoms with E-state index in [1.807, 2.05) is 0 Å². The van der Waals surface area contributed by atoms with E-state index in [1.54, 1.807) is 13.0 Å². The standard InChI is InChI=1S/C16H13ClF4/c1-10-6-12(9-14(18)7-10)15(17)8-11-2-4-13(5-3-11)16(19,20)21/h2-7,9,15H,8H2,1H3. The Labute approximate surface area is 125 Å². The lowest BCUT2D eigenvalue weighted by molar-refractivity contribution is -0.137. The van der Waals surface area contributed by atoms with Gasteiger partial charge in [-0.2, -0.15) is 13.2 Å². The summed E-state index contributed by atoms with van der Waals surface area (Å²) in [6.07, 6.45) is -4.01. The minimum atomic E-state index is -4.35. The molecule has 112 valence electrons. The predicted octanol–water partition coefficient (Wildman–Crippen LogP) is 5.68. The molecule has 2 aromatic rings. The Kier molecular flexibility index (Phi) is 4.57. The zero-order valence-electron chi connectivity index (χ0n) is 11.2. The van der Waals surface area contributed by atoms with Crippen molar-refractivity contribution >= 4 is 11.6 Å². The van der Waals surface area contributed by atoms with Gasteiger partial charge < -0.3 is 0 Å². The van der Waals surface area contributed by atoms with E-state index in [0.717, 1.165) is 17.7 Å². The van der Waals surface area contributed by atoms with E-state index in [4.69, 9.17) is 11.6 Å². The van der Waals surface area contributed by atoms with Crippen LogP contribution in [0.3, 0.4) is 0 Å². The van der Waals surface area contributed by atoms with Crippen LogP contribution in [0.5, 0.6) is 0 Å². The summed E-state index contributed by atoms with van der Waals surface area (Å²) in [7, 11) is 0. The third-order valence-corrected chi connectivity index (χ3v) is 3.53. The van der Waals surface area contributed by atoms with Crippen LogP contribution in [0.1, 0.15) is 27.6 Å². The second kappa shape index (κ2) is 6.06. The van der Waals surface area contributed by atoms with Crippen molar-refractivity contribution in [2.24, 2.45) is 0 Å². The van der Waals surface area contributed by atoms with Crippen LogP contribution in [0.2, 0.25) is 0 Å². The summed E-state index contributed by atoms with van der Waals surface area (Å²) in [6.45, 7) is 1.76. The average molecular weight is 317 g/mol. The Bertz CT molecular complexity index is 597. The van der Waals surface area contributed by atoms with E-state index < -0.39 is 17.1 Å². The maximum atomic E-state index is 13.3. The van der Waals surface area contributed by atoms with E-state index in [-0.39, 0.29) is 5.82 Å². The summed E-state index contributed by atoms with van der Waals surface area (Å²) in [5.74, 6) is -0.372. The van der Waals surface area contributed by atoms with Gasteiger partial charge in [0.1, 0.15) is 5.82 Å². The third kappa shape index (κ3) is 4.21. The zero-order chi connectivity index (χ0) is 15.6. The van der Waals surface area contributed by atoms with Crippen LogP contribution in [0.15, 0.2) is 42.5 Å². The van der Waals surface area contributed by atoms with Crippen molar-refractivity contribution in [2.75, 3.05) is 0 Å². The minimum Gasteiger partial charge on any atom is -0.207 e. The van der Waals surface area contributed by atoms with Gasteiger partial charge in [-0.25, -0.2) is 4.39 Å². The van der Waals surface area contributed by atoms with Gasteiger partial charge in [0.25, 0.3) is 0 Å². The average Bonchev–Trinajstić information content (AvgIpc) is 2.37. The van der Waals surface area contributed by atoms with Gasteiger partial charge in [0.2, 0.25) is 0 Å². The van der Waals surface area contributed by atoms with Crippen LogP contribution in [0.4, 0.5) is 17.6 Å². The molecule has 0 saturated carbocycles. The molecule has 0 heterocycles. The SMILES string of the molecule is Cc1cc(F)cc(C(Cl)Cc2ccc(C(F)(F)F)cc2)c1. The lowest BCUT2D eigenvalue weighted by Crippen LogP contribution is -2.05. The number of alkyl halides is 4. The van der Waals surface area contributed by atoms with Crippen molar-refractivity contribution < 1.29 is 17.6 Å². The fourth-order valence-corrected chi connectivity index (χ4v) is 2.40. The molecule has 0 nitrogen and oxygen atoms in total. The van der Waals surface area contributed by atoms with Crippen LogP contribution in [-0.2, 0) is 12.6 Å². The monoisotopic (exact) mass is 316 g/mol. The molecule has 0 fully saturated rings. The van der Waals surface area contributed by atoms with Crippen molar-refractivity contribution in [1.29, 1.82) is 0 Å². The number of hydrogen-bond acceptors (Lipinski definition) is 0. The molecule has 0 aromatic heterocycles. The van der Waals surface area contributed by atoms with E-state index in [2.05, 4.69) is 0 Å². The first-order chi connectivity index (χ1) is 9.75. The van der Waals surface area contributed by atoms with Crippen molar-refractivity contribution in [2.45, 2.75) is 24.9 Å². The van der Waals surface area contributed by atoms with Crippen molar-refractivity contribution in [3.63, 3.8) is 0 Å². The van der Waals surface area contributed by atoms with Gasteiger partial charge in [0.05, 0.1) is 10.9 Å². The Hall–Kier alpha value is -1.55. The van der Waals surface area contributed by atoms with Gasteiger partial charge in [-0.15, -0.1) is 11.6 Å². The summed E-state index contributed by atoms with van der Waals surface area (Å²) in [6, 6.07) is 9.34. The molecular formula is C16H13ClF4. The number of benzene rings is 2. The smallest absolute Gasteiger partial charge is 0.207 e. The largest absolute Gasteiger partial charge is 0.416 e. The first kappa shape index (κ1) is 15.8. The highest BCUT2D eigenvalue weighted by Gasteiger charge is 2.29. The topological polar surface area (TPSA) is 0 Å². The van der Waals surface area contributed by atoms with Crippen LogP contribution in [0, 0.1) is 12.7 Å². The highest BCUT2D eigenvalue weighted by Crippen LogP contribution is 2.31. The Morgan fingerprint density at radius 1 is 1.05 bits per heavy atom. The van der Waals surface area contributed by atoms with E-state index in [1.165, 1.54) is 24.3 Å². The van der Waals surface area contributed by atoms with Crippen LogP contribution >= 0.6 is 11.6 Å². The Morgan fingerprint density at radius 3 is 2.19 bits per heavy atom. The van der Waals surface area contributed by atoms with Gasteiger partial charge in [-0.3, -0.25) is 0 Å². The molecular weight excluding hydrogens is 304 g/mol. The fraction of sp³-hybridized carbons (Fsp3) is 0.250. The molecule has 0 radical (unpaired) electrons. The Morgan fingerprint density at radius 2 is 1.67 bits per heavy atom. The lowest BCUT2D eigenvalue weighted by atomic mass is 10.0. The summed E-state index contributed by atoms with van der Waals surface area (Å²) in [5.41, 5.74) is 1.35. The second-order valence-corrected chi connectivity index (χ2v) is 5.46. The minimum absolute atomic E-state index is 0.336. The molecule has 5 heteroatoms. The molecule has 0 bridgehead atoms. The maximum Gasteiger partial charge on any atom is 0.416 e. The van der Waals surface area contributed by atoms with Gasteiger partial charge >= 0.3 is 6.18 Å². The summed E-state index contributed by atoms with van der Waals surface area (Å²) in [4.78, 5) is 0. The quantitative estimate of drug-likeness (QED) is 0.505. The number of halogens is 5. The molecule has 21 heavy (non-hydrogen) atoms. The highest BCUT2D eigenvalue weighted by atomic mass is 35.5. The van der Waals surface area contributed by atoms with Gasteiger partial charge in [-0.1, -0.05) is 18.2 Å². The first-order valence-corrected chi connectivity index (χ1v) is 6.76. The normalized spacial score (nSPS) is 13.2. The van der Waals surface area contributed by atoms with Crippen LogP contribution < -0.4 is 0 Å². The molecule has 0 aliphatic carbocycles. The van der Waals surface area contributed by atoms with Gasteiger partial charge in [0, 0.05) is 0 Å². The van der Waals surface area contributed by atoms with Gasteiger partial charge in [0.15, 0.2) is 0 Å². The molecule has 1 unspecified atom stereocenters. The van der Waals surface area contributed by atoms with Crippen molar-refractivity contribution in [1.82, 2.24) is 0 Å². The third-order valence-electron chi connectivity index (χ3n) is 3.12. The molecule has 0 aliphatic rings. The van der Waals surface area contributed by atoms with E-state index in [9.17, 15) is 17.6 Å². The molecule has 1 atom stereocenters. The molecule has 0 aliphatic heterocycles. The predicted molar refractivity (Wildman–Crippen MR) is 74.9 cm³/mol. The molecule has 0 saturated heterocycles. The van der Waals surface area contributed by atoms with Crippen LogP contribution in [-0.4, -0.2) is 0 Å². The second-order valence-electron chi connectivity index (χ2n) is 4.93. The summed E-state index contributed by atoms with van der Waals surface area (Å²) < 4.78 is 50.7. The van der Waals surface area contributed by atoms with E-state index in [0.29, 0.717) is 17.5 Å². The summed E-state index contributed by atoms with van der Waals surface area (Å²) >= 11 is 6.23. The molecule has 2 aromatic carbocycles. The fourth-order valence-electron chi connectivity index (χ4n) is 2.10. The molecule has 2 rings (SSSR count). The van der Waals surface area contributed by atoms with Crippen molar-refractivity contribution in [3.05, 3.63) is 70.5 Å². The van der Waals surface area contributed by atoms with Crippen LogP contribution in [0.25, 0.3) is 0 Å². The lowest BCUT2D eigenvalue weighted by Gasteiger charge is -2.12. The number of aryl methyl sites for hydroxylation is 1. The maximum absolute atomic E-state index is 13.3. The van der Waals surface area contributed by atoms with Gasteiger partial charge in [-0.05, 0) is 54.3 Å². The Balaban J connectivity index is 2.14. The van der Waals surface area contributed by atoms with E-state index >= 15 is 0 Å². The first-order valence-electron chi connectivity index (χ1n) is 6.33. The number of hydrogen-bond donors (Lipinski definition) is 0. The molecule has 0 amide bonds.